The number of thioether (sulfide) groups is 1. The van der Waals surface area contributed by atoms with E-state index in [9.17, 15) is 19.5 Å². The number of fused-ring (bicyclic) bond motifs is 1. The Kier molecular flexibility index (Phi) is 3.28. The maximum absolute atomic E-state index is 12.4. The Bertz CT molecular complexity index is 682. The molecule has 3 fully saturated rings. The summed E-state index contributed by atoms with van der Waals surface area (Å²) in [6, 6.07) is -0.275. The van der Waals surface area contributed by atoms with Gasteiger partial charge in [-0.15, -0.1) is 11.8 Å². The van der Waals surface area contributed by atoms with Gasteiger partial charge in [0.25, 0.3) is 0 Å². The Morgan fingerprint density at radius 2 is 2.09 bits per heavy atom. The van der Waals surface area contributed by atoms with Crippen LogP contribution in [0.2, 0.25) is 0 Å². The minimum absolute atomic E-state index is 0.00324. The van der Waals surface area contributed by atoms with Gasteiger partial charge in [0.15, 0.2) is 0 Å². The summed E-state index contributed by atoms with van der Waals surface area (Å²) in [6.45, 7) is 0.703. The normalized spacial score (nSPS) is 32.5. The van der Waals surface area contributed by atoms with Crippen LogP contribution in [-0.4, -0.2) is 62.4 Å². The third kappa shape index (κ3) is 2.20. The van der Waals surface area contributed by atoms with Crippen LogP contribution in [0.15, 0.2) is 22.9 Å². The number of hydrogen-bond acceptors (Lipinski definition) is 5. The monoisotopic (exact) mass is 335 g/mol. The molecule has 0 aromatic carbocycles. The zero-order valence-corrected chi connectivity index (χ0v) is 13.2. The highest BCUT2D eigenvalue weighted by Crippen LogP contribution is 2.41. The summed E-state index contributed by atoms with van der Waals surface area (Å²) in [7, 11) is 0. The number of likely N-dealkylation sites (tertiary alicyclic amines) is 1. The van der Waals surface area contributed by atoms with E-state index in [1.54, 1.807) is 6.08 Å². The lowest BCUT2D eigenvalue weighted by Crippen LogP contribution is -2.68. The summed E-state index contributed by atoms with van der Waals surface area (Å²) in [4.78, 5) is 39.0. The van der Waals surface area contributed by atoms with Crippen molar-refractivity contribution in [1.29, 1.82) is 0 Å². The van der Waals surface area contributed by atoms with Crippen LogP contribution in [0.5, 0.6) is 0 Å². The third-order valence-corrected chi connectivity index (χ3v) is 6.06. The maximum atomic E-state index is 12.4. The molecule has 0 bridgehead atoms. The lowest BCUT2D eigenvalue weighted by molar-refractivity contribution is -0.147. The van der Waals surface area contributed by atoms with Crippen LogP contribution >= 0.6 is 11.8 Å². The van der Waals surface area contributed by atoms with Crippen molar-refractivity contribution >= 4 is 29.5 Å². The first-order valence-corrected chi connectivity index (χ1v) is 8.72. The smallest absolute Gasteiger partial charge is 0.352 e. The minimum Gasteiger partial charge on any atom is -0.477 e. The third-order valence-electron chi connectivity index (χ3n) is 4.74. The lowest BCUT2D eigenvalue weighted by atomic mass is 10.0. The second-order valence-electron chi connectivity index (χ2n) is 6.26. The molecule has 0 aromatic heterocycles. The molecule has 8 heteroatoms. The van der Waals surface area contributed by atoms with Gasteiger partial charge < -0.3 is 15.7 Å². The Balaban J connectivity index is 1.66. The predicted octanol–water partition coefficient (Wildman–Crippen LogP) is -0.111. The van der Waals surface area contributed by atoms with Crippen molar-refractivity contribution in [1.82, 2.24) is 9.80 Å². The van der Waals surface area contributed by atoms with Gasteiger partial charge in [-0.05, 0) is 30.9 Å². The molecule has 122 valence electrons. The molecule has 1 saturated carbocycles. The van der Waals surface area contributed by atoms with Gasteiger partial charge in [-0.25, -0.2) is 4.79 Å². The maximum Gasteiger partial charge on any atom is 0.352 e. The Labute approximate surface area is 137 Å². The molecule has 3 heterocycles. The highest BCUT2D eigenvalue weighted by molar-refractivity contribution is 8.00. The van der Waals surface area contributed by atoms with Crippen LogP contribution in [-0.2, 0) is 14.4 Å². The first-order chi connectivity index (χ1) is 11.0. The van der Waals surface area contributed by atoms with Gasteiger partial charge in [0.2, 0.25) is 11.8 Å². The highest BCUT2D eigenvalue weighted by atomic mass is 32.2. The van der Waals surface area contributed by atoms with Crippen LogP contribution in [0.4, 0.5) is 0 Å². The number of carboxylic acids is 1. The Hall–Kier alpha value is -1.80. The van der Waals surface area contributed by atoms with Gasteiger partial charge in [-0.2, -0.15) is 0 Å². The summed E-state index contributed by atoms with van der Waals surface area (Å²) < 4.78 is 0. The van der Waals surface area contributed by atoms with Crippen molar-refractivity contribution in [3.63, 3.8) is 0 Å². The number of rotatable bonds is 3. The lowest BCUT2D eigenvalue weighted by Gasteiger charge is -2.47. The molecular formula is C15H17N3O4S. The number of amides is 2. The molecule has 3 aliphatic heterocycles. The Morgan fingerprint density at radius 3 is 2.74 bits per heavy atom. The van der Waals surface area contributed by atoms with E-state index in [4.69, 9.17) is 5.73 Å². The number of β-lactam (4-membered cyclic amide) rings is 1. The van der Waals surface area contributed by atoms with Gasteiger partial charge in [0.05, 0.1) is 0 Å². The molecule has 1 aliphatic carbocycles. The van der Waals surface area contributed by atoms with Gasteiger partial charge in [0.1, 0.15) is 17.1 Å². The number of carbonyl (C=O) groups is 3. The Morgan fingerprint density at radius 1 is 1.35 bits per heavy atom. The van der Waals surface area contributed by atoms with Gasteiger partial charge in [-0.1, -0.05) is 0 Å². The van der Waals surface area contributed by atoms with Crippen molar-refractivity contribution in [3.05, 3.63) is 22.9 Å². The number of nitrogens with zero attached hydrogens (tertiary/aromatic N) is 2. The van der Waals surface area contributed by atoms with Crippen molar-refractivity contribution < 1.29 is 19.5 Å². The van der Waals surface area contributed by atoms with Crippen molar-refractivity contribution in [2.45, 2.75) is 36.7 Å². The van der Waals surface area contributed by atoms with E-state index in [0.29, 0.717) is 35.9 Å². The number of carbonyl (C=O) groups excluding carboxylic acids is 2. The quantitative estimate of drug-likeness (QED) is 0.551. The summed E-state index contributed by atoms with van der Waals surface area (Å²) in [6.07, 6.45) is 4.42. The summed E-state index contributed by atoms with van der Waals surface area (Å²) >= 11 is 1.45. The van der Waals surface area contributed by atoms with Crippen LogP contribution in [0.1, 0.15) is 19.3 Å². The van der Waals surface area contributed by atoms with E-state index in [1.807, 2.05) is 4.90 Å². The fourth-order valence-corrected chi connectivity index (χ4v) is 4.62. The molecule has 0 spiro atoms. The first kappa shape index (κ1) is 14.8. The molecule has 2 amide bonds. The number of allylic oxidation sites excluding steroid dienone is 1. The molecule has 0 unspecified atom stereocenters. The molecule has 2 atom stereocenters. The largest absolute Gasteiger partial charge is 0.477 e. The topological polar surface area (TPSA) is 104 Å². The van der Waals surface area contributed by atoms with Crippen LogP contribution in [0.25, 0.3) is 0 Å². The van der Waals surface area contributed by atoms with E-state index in [0.717, 1.165) is 12.8 Å². The molecule has 23 heavy (non-hydrogen) atoms. The van der Waals surface area contributed by atoms with Crippen molar-refractivity contribution in [2.75, 3.05) is 12.3 Å². The number of hydrogen-bond donors (Lipinski definition) is 2. The zero-order chi connectivity index (χ0) is 16.3. The first-order valence-electron chi connectivity index (χ1n) is 7.67. The summed E-state index contributed by atoms with van der Waals surface area (Å²) in [5.74, 6) is -1.06. The SMILES string of the molecule is N[C@@H]1C(=O)N2C(C(=O)O)=C(/C=C3\CCN(C4CC4)C3=O)CS[C@H]12. The van der Waals surface area contributed by atoms with Gasteiger partial charge >= 0.3 is 5.97 Å². The van der Waals surface area contributed by atoms with Crippen LogP contribution < -0.4 is 5.73 Å². The molecule has 4 rings (SSSR count). The van der Waals surface area contributed by atoms with Gasteiger partial charge in [0, 0.05) is 23.9 Å². The average molecular weight is 335 g/mol. The van der Waals surface area contributed by atoms with Gasteiger partial charge in [-0.3, -0.25) is 14.5 Å². The zero-order valence-electron chi connectivity index (χ0n) is 12.4. The average Bonchev–Trinajstić information content (AvgIpc) is 3.31. The van der Waals surface area contributed by atoms with E-state index in [2.05, 4.69) is 0 Å². The number of nitrogens with two attached hydrogens (primary N) is 1. The number of carboxylic acid groups (broad SMARTS) is 1. The van der Waals surface area contributed by atoms with Crippen LogP contribution in [0.3, 0.4) is 0 Å². The van der Waals surface area contributed by atoms with E-state index in [1.165, 1.54) is 16.7 Å². The second kappa shape index (κ2) is 5.10. The molecule has 2 saturated heterocycles. The molecule has 0 radical (unpaired) electrons. The molecule has 0 aromatic rings. The van der Waals surface area contributed by atoms with Crippen molar-refractivity contribution in [3.8, 4) is 0 Å². The van der Waals surface area contributed by atoms with E-state index in [-0.39, 0.29) is 22.9 Å². The highest BCUT2D eigenvalue weighted by Gasteiger charge is 2.51. The second-order valence-corrected chi connectivity index (χ2v) is 7.37. The molecular weight excluding hydrogens is 318 g/mol. The van der Waals surface area contributed by atoms with Crippen LogP contribution in [0, 0.1) is 0 Å². The number of aliphatic carboxylic acids is 1. The molecule has 3 N–H and O–H groups in total. The predicted molar refractivity (Wildman–Crippen MR) is 83.2 cm³/mol. The molecule has 7 nitrogen and oxygen atoms in total. The minimum atomic E-state index is -1.15. The molecule has 4 aliphatic rings. The summed E-state index contributed by atoms with van der Waals surface area (Å²) in [5.41, 5.74) is 6.87. The summed E-state index contributed by atoms with van der Waals surface area (Å²) in [5, 5.41) is 9.19. The van der Waals surface area contributed by atoms with E-state index >= 15 is 0 Å². The fourth-order valence-electron chi connectivity index (χ4n) is 3.36. The van der Waals surface area contributed by atoms with E-state index < -0.39 is 12.0 Å². The standard InChI is InChI=1S/C15H17N3O4S/c16-10-13(20)18-11(15(21)22)8(6-23-14(10)18)5-7-3-4-17(12(7)19)9-1-2-9/h5,9-10,14H,1-4,6,16H2,(H,21,22)/b7-5+/t10-,14-/m1/s1. The fraction of sp³-hybridized carbons (Fsp3) is 0.533. The van der Waals surface area contributed by atoms with Crippen molar-refractivity contribution in [2.24, 2.45) is 5.73 Å².